The van der Waals surface area contributed by atoms with Gasteiger partial charge in [0.1, 0.15) is 5.03 Å². The molecule has 3 rings (SSSR count). The Hall–Kier alpha value is -3.37. The van der Waals surface area contributed by atoms with Gasteiger partial charge in [-0.2, -0.15) is 0 Å². The molecule has 0 saturated carbocycles. The zero-order valence-corrected chi connectivity index (χ0v) is 18.3. The summed E-state index contributed by atoms with van der Waals surface area (Å²) >= 11 is 2.38. The predicted octanol–water partition coefficient (Wildman–Crippen LogP) is 5.21. The maximum absolute atomic E-state index is 11.5. The number of anilines is 2. The van der Waals surface area contributed by atoms with Crippen LogP contribution in [0.15, 0.2) is 80.5 Å². The zero-order chi connectivity index (χ0) is 22.4. The molecule has 0 aliphatic carbocycles. The predicted molar refractivity (Wildman–Crippen MR) is 121 cm³/mol. The Bertz CT molecular complexity index is 1150. The lowest BCUT2D eigenvalue weighted by Gasteiger charge is -2.11. The van der Waals surface area contributed by atoms with Gasteiger partial charge in [0.05, 0.1) is 16.3 Å². The number of amides is 2. The molecule has 0 saturated heterocycles. The normalized spacial score (nSPS) is 10.4. The van der Waals surface area contributed by atoms with Crippen LogP contribution >= 0.6 is 23.5 Å². The summed E-state index contributed by atoms with van der Waals surface area (Å²) in [5.74, 6) is -0.440. The number of nitrogens with one attached hydrogen (secondary N) is 2. The van der Waals surface area contributed by atoms with Crippen LogP contribution < -0.4 is 10.6 Å². The average molecular weight is 455 g/mol. The van der Waals surface area contributed by atoms with E-state index in [1.54, 1.807) is 42.5 Å². The summed E-state index contributed by atoms with van der Waals surface area (Å²) in [6, 6.07) is 17.2. The van der Waals surface area contributed by atoms with Gasteiger partial charge in [0.2, 0.25) is 11.8 Å². The van der Waals surface area contributed by atoms with Crippen LogP contribution in [0.5, 0.6) is 0 Å². The summed E-state index contributed by atoms with van der Waals surface area (Å²) in [6.07, 6.45) is 0. The molecule has 0 radical (unpaired) electrons. The molecular formula is C21H18N4O4S2. The van der Waals surface area contributed by atoms with Crippen molar-refractivity contribution in [1.82, 2.24) is 4.98 Å². The molecule has 8 nitrogen and oxygen atoms in total. The van der Waals surface area contributed by atoms with E-state index in [1.165, 1.54) is 31.7 Å². The highest BCUT2D eigenvalue weighted by Gasteiger charge is 2.20. The first-order chi connectivity index (χ1) is 14.8. The Morgan fingerprint density at radius 3 is 1.87 bits per heavy atom. The van der Waals surface area contributed by atoms with E-state index in [-0.39, 0.29) is 22.5 Å². The third-order valence-electron chi connectivity index (χ3n) is 3.83. The molecular weight excluding hydrogens is 436 g/mol. The van der Waals surface area contributed by atoms with Crippen molar-refractivity contribution in [2.75, 3.05) is 10.6 Å². The van der Waals surface area contributed by atoms with Crippen molar-refractivity contribution in [3.8, 4) is 0 Å². The second kappa shape index (κ2) is 10.1. The van der Waals surface area contributed by atoms with E-state index in [1.807, 2.05) is 12.1 Å². The molecule has 0 aliphatic heterocycles. The van der Waals surface area contributed by atoms with Gasteiger partial charge in [-0.05, 0) is 30.3 Å². The molecule has 31 heavy (non-hydrogen) atoms. The van der Waals surface area contributed by atoms with Crippen LogP contribution in [0, 0.1) is 10.1 Å². The van der Waals surface area contributed by atoms with Crippen LogP contribution in [-0.2, 0) is 9.59 Å². The molecule has 2 amide bonds. The molecule has 2 aromatic carbocycles. The zero-order valence-electron chi connectivity index (χ0n) is 16.6. The van der Waals surface area contributed by atoms with Gasteiger partial charge in [-0.15, -0.1) is 0 Å². The monoisotopic (exact) mass is 454 g/mol. The fourth-order valence-corrected chi connectivity index (χ4v) is 4.51. The summed E-state index contributed by atoms with van der Waals surface area (Å²) in [5, 5.41) is 17.8. The molecule has 1 heterocycles. The Morgan fingerprint density at radius 2 is 1.35 bits per heavy atom. The molecule has 0 fully saturated rings. The molecule has 0 atom stereocenters. The number of hydrogen-bond donors (Lipinski definition) is 2. The van der Waals surface area contributed by atoms with Crippen molar-refractivity contribution >= 4 is 52.4 Å². The first-order valence-corrected chi connectivity index (χ1v) is 10.7. The molecule has 0 bridgehead atoms. The highest BCUT2D eigenvalue weighted by Crippen LogP contribution is 2.40. The number of carbonyl (C=O) groups is 2. The van der Waals surface area contributed by atoms with Crippen LogP contribution in [0.3, 0.4) is 0 Å². The molecule has 158 valence electrons. The van der Waals surface area contributed by atoms with Gasteiger partial charge in [-0.3, -0.25) is 19.7 Å². The Kier molecular flexibility index (Phi) is 7.27. The Morgan fingerprint density at radius 1 is 0.839 bits per heavy atom. The van der Waals surface area contributed by atoms with E-state index in [9.17, 15) is 19.7 Å². The van der Waals surface area contributed by atoms with Crippen molar-refractivity contribution in [3.63, 3.8) is 0 Å². The minimum atomic E-state index is -0.490. The number of nitrogens with zero attached hydrogens (tertiary/aromatic N) is 2. The number of carbonyl (C=O) groups excluding carboxylic acids is 2. The van der Waals surface area contributed by atoms with Gasteiger partial charge >= 0.3 is 5.69 Å². The number of nitro groups is 1. The number of para-hydroxylation sites is 2. The maximum atomic E-state index is 11.5. The third kappa shape index (κ3) is 6.06. The van der Waals surface area contributed by atoms with Crippen molar-refractivity contribution in [2.24, 2.45) is 0 Å². The van der Waals surface area contributed by atoms with Crippen molar-refractivity contribution in [2.45, 2.75) is 33.7 Å². The summed E-state index contributed by atoms with van der Waals surface area (Å²) in [7, 11) is 0. The van der Waals surface area contributed by atoms with Gasteiger partial charge < -0.3 is 10.6 Å². The van der Waals surface area contributed by atoms with Gasteiger partial charge in [0, 0.05) is 29.7 Å². The number of hydrogen-bond acceptors (Lipinski definition) is 7. The lowest BCUT2D eigenvalue weighted by Crippen LogP contribution is -2.06. The van der Waals surface area contributed by atoms with Crippen LogP contribution in [0.4, 0.5) is 17.1 Å². The fraction of sp³-hybridized carbons (Fsp3) is 0.0952. The average Bonchev–Trinajstić information content (AvgIpc) is 2.70. The van der Waals surface area contributed by atoms with E-state index in [0.29, 0.717) is 21.3 Å². The molecule has 0 unspecified atom stereocenters. The standard InChI is InChI=1S/C21H18N4O4S2/c1-13(26)22-15-7-3-5-9-18(15)30-20-12-11-17(25(28)29)21(24-20)31-19-10-6-4-8-16(19)23-14(2)27/h3-12H,1-2H3,(H,22,26)(H,23,27). The summed E-state index contributed by atoms with van der Waals surface area (Å²) in [4.78, 5) is 39.9. The molecule has 0 spiro atoms. The van der Waals surface area contributed by atoms with E-state index >= 15 is 0 Å². The highest BCUT2D eigenvalue weighted by molar-refractivity contribution is 8.00. The third-order valence-corrected chi connectivity index (χ3v) is 5.91. The number of pyridine rings is 1. The largest absolute Gasteiger partial charge is 0.325 e. The van der Waals surface area contributed by atoms with Gasteiger partial charge in [0.15, 0.2) is 5.03 Å². The minimum Gasteiger partial charge on any atom is -0.325 e. The molecule has 1 aromatic heterocycles. The van der Waals surface area contributed by atoms with Crippen LogP contribution in [0.2, 0.25) is 0 Å². The maximum Gasteiger partial charge on any atom is 0.301 e. The first kappa shape index (κ1) is 22.3. The number of rotatable bonds is 7. The fourth-order valence-electron chi connectivity index (χ4n) is 2.60. The Labute approximate surface area is 187 Å². The van der Waals surface area contributed by atoms with Crippen LogP contribution in [0.25, 0.3) is 0 Å². The van der Waals surface area contributed by atoms with Crippen LogP contribution in [0.1, 0.15) is 13.8 Å². The van der Waals surface area contributed by atoms with Crippen molar-refractivity contribution in [3.05, 3.63) is 70.8 Å². The summed E-state index contributed by atoms with van der Waals surface area (Å²) in [6.45, 7) is 2.82. The molecule has 3 aromatic rings. The molecule has 10 heteroatoms. The Balaban J connectivity index is 1.96. The number of benzene rings is 2. The topological polar surface area (TPSA) is 114 Å². The lowest BCUT2D eigenvalue weighted by molar-refractivity contribution is -0.388. The smallest absolute Gasteiger partial charge is 0.301 e. The first-order valence-electron chi connectivity index (χ1n) is 9.08. The highest BCUT2D eigenvalue weighted by atomic mass is 32.2. The van der Waals surface area contributed by atoms with Gasteiger partial charge in [-0.25, -0.2) is 4.98 Å². The van der Waals surface area contributed by atoms with Crippen LogP contribution in [-0.4, -0.2) is 21.7 Å². The van der Waals surface area contributed by atoms with Gasteiger partial charge in [-0.1, -0.05) is 47.8 Å². The van der Waals surface area contributed by atoms with E-state index < -0.39 is 4.92 Å². The van der Waals surface area contributed by atoms with Crippen molar-refractivity contribution < 1.29 is 14.5 Å². The second-order valence-electron chi connectivity index (χ2n) is 6.29. The van der Waals surface area contributed by atoms with Gasteiger partial charge in [0.25, 0.3) is 0 Å². The van der Waals surface area contributed by atoms with E-state index in [0.717, 1.165) is 16.7 Å². The minimum absolute atomic E-state index is 0.137. The quantitative estimate of drug-likeness (QED) is 0.372. The van der Waals surface area contributed by atoms with E-state index in [4.69, 9.17) is 0 Å². The number of aromatic nitrogens is 1. The van der Waals surface area contributed by atoms with Crippen molar-refractivity contribution in [1.29, 1.82) is 0 Å². The summed E-state index contributed by atoms with van der Waals surface area (Å²) in [5.41, 5.74) is 1.04. The molecule has 0 aliphatic rings. The second-order valence-corrected chi connectivity index (χ2v) is 8.38. The summed E-state index contributed by atoms with van der Waals surface area (Å²) < 4.78 is 0. The SMILES string of the molecule is CC(=O)Nc1ccccc1Sc1ccc([N+](=O)[O-])c(Sc2ccccc2NC(C)=O)n1. The van der Waals surface area contributed by atoms with E-state index in [2.05, 4.69) is 15.6 Å². The molecule has 2 N–H and O–H groups in total. The lowest BCUT2D eigenvalue weighted by atomic mass is 10.3.